The zero-order valence-electron chi connectivity index (χ0n) is 10.3. The van der Waals surface area contributed by atoms with Crippen LogP contribution in [0.15, 0.2) is 24.3 Å². The van der Waals surface area contributed by atoms with Gasteiger partial charge in [-0.2, -0.15) is 0 Å². The molecule has 0 spiro atoms. The molecule has 2 rings (SSSR count). The summed E-state index contributed by atoms with van der Waals surface area (Å²) in [5, 5.41) is 0.864. The first-order valence-corrected chi connectivity index (χ1v) is 5.85. The van der Waals surface area contributed by atoms with Crippen molar-refractivity contribution in [3.05, 3.63) is 35.6 Å². The van der Waals surface area contributed by atoms with Crippen molar-refractivity contribution >= 4 is 10.9 Å². The van der Waals surface area contributed by atoms with Crippen LogP contribution >= 0.6 is 0 Å². The second-order valence-electron chi connectivity index (χ2n) is 4.27. The molecular formula is C14H16FNO. The van der Waals surface area contributed by atoms with Gasteiger partial charge in [-0.05, 0) is 24.5 Å². The Morgan fingerprint density at radius 3 is 2.76 bits per heavy atom. The lowest BCUT2D eigenvalue weighted by Crippen LogP contribution is -1.99. The van der Waals surface area contributed by atoms with Crippen molar-refractivity contribution in [2.75, 3.05) is 6.61 Å². The van der Waals surface area contributed by atoms with E-state index in [0.717, 1.165) is 10.9 Å². The number of pyridine rings is 1. The lowest BCUT2D eigenvalue weighted by atomic mass is 9.99. The standard InChI is InChI=1S/C14H16FNO/c1-4-17-13-8-11(9(2)3)10-6-5-7-12(15)14(10)16-13/h5-9H,4H2,1-3H3. The second kappa shape index (κ2) is 4.70. The predicted octanol–water partition coefficient (Wildman–Crippen LogP) is 3.90. The summed E-state index contributed by atoms with van der Waals surface area (Å²) in [6, 6.07) is 6.94. The van der Waals surface area contributed by atoms with Crippen molar-refractivity contribution in [2.24, 2.45) is 0 Å². The van der Waals surface area contributed by atoms with E-state index in [1.54, 1.807) is 6.07 Å². The number of fused-ring (bicyclic) bond motifs is 1. The van der Waals surface area contributed by atoms with Gasteiger partial charge in [-0.15, -0.1) is 0 Å². The van der Waals surface area contributed by atoms with Crippen LogP contribution in [0.2, 0.25) is 0 Å². The highest BCUT2D eigenvalue weighted by molar-refractivity contribution is 5.83. The van der Waals surface area contributed by atoms with Crippen LogP contribution in [0.25, 0.3) is 10.9 Å². The van der Waals surface area contributed by atoms with Gasteiger partial charge < -0.3 is 4.74 Å². The average Bonchev–Trinajstić information content (AvgIpc) is 2.29. The molecule has 0 aliphatic rings. The van der Waals surface area contributed by atoms with Gasteiger partial charge in [0.2, 0.25) is 5.88 Å². The highest BCUT2D eigenvalue weighted by atomic mass is 19.1. The van der Waals surface area contributed by atoms with Crippen molar-refractivity contribution in [2.45, 2.75) is 26.7 Å². The number of para-hydroxylation sites is 1. The smallest absolute Gasteiger partial charge is 0.214 e. The van der Waals surface area contributed by atoms with E-state index in [0.29, 0.717) is 23.9 Å². The summed E-state index contributed by atoms with van der Waals surface area (Å²) in [7, 11) is 0. The van der Waals surface area contributed by atoms with E-state index >= 15 is 0 Å². The Morgan fingerprint density at radius 1 is 1.35 bits per heavy atom. The summed E-state index contributed by atoms with van der Waals surface area (Å²) in [6.07, 6.45) is 0. The minimum atomic E-state index is -0.300. The van der Waals surface area contributed by atoms with Crippen LogP contribution in [0.1, 0.15) is 32.3 Å². The van der Waals surface area contributed by atoms with Gasteiger partial charge in [-0.3, -0.25) is 0 Å². The first kappa shape index (κ1) is 11.8. The molecule has 0 saturated heterocycles. The van der Waals surface area contributed by atoms with Crippen molar-refractivity contribution in [3.63, 3.8) is 0 Å². The summed E-state index contributed by atoms with van der Waals surface area (Å²) in [5.74, 6) is 0.501. The quantitative estimate of drug-likeness (QED) is 0.802. The van der Waals surface area contributed by atoms with Crippen molar-refractivity contribution in [1.29, 1.82) is 0 Å². The van der Waals surface area contributed by atoms with Gasteiger partial charge in [0.1, 0.15) is 11.3 Å². The maximum atomic E-state index is 13.7. The Balaban J connectivity index is 2.72. The third-order valence-corrected chi connectivity index (χ3v) is 2.71. The maximum Gasteiger partial charge on any atom is 0.214 e. The Morgan fingerprint density at radius 2 is 2.12 bits per heavy atom. The fraction of sp³-hybridized carbons (Fsp3) is 0.357. The van der Waals surface area contributed by atoms with E-state index in [1.807, 2.05) is 19.1 Å². The fourth-order valence-corrected chi connectivity index (χ4v) is 1.91. The molecule has 0 radical (unpaired) electrons. The molecule has 2 aromatic rings. The lowest BCUT2D eigenvalue weighted by Gasteiger charge is -2.12. The van der Waals surface area contributed by atoms with E-state index in [1.165, 1.54) is 6.07 Å². The molecule has 1 aromatic carbocycles. The first-order valence-electron chi connectivity index (χ1n) is 5.85. The number of rotatable bonds is 3. The van der Waals surface area contributed by atoms with E-state index < -0.39 is 0 Å². The summed E-state index contributed by atoms with van der Waals surface area (Å²) in [6.45, 7) is 6.58. The fourth-order valence-electron chi connectivity index (χ4n) is 1.91. The second-order valence-corrected chi connectivity index (χ2v) is 4.27. The Labute approximate surface area is 100 Å². The van der Waals surface area contributed by atoms with Crippen molar-refractivity contribution < 1.29 is 9.13 Å². The predicted molar refractivity (Wildman–Crippen MR) is 67.0 cm³/mol. The van der Waals surface area contributed by atoms with Gasteiger partial charge in [0.05, 0.1) is 6.61 Å². The Hall–Kier alpha value is -1.64. The van der Waals surface area contributed by atoms with Gasteiger partial charge in [0.25, 0.3) is 0 Å². The third kappa shape index (κ3) is 2.23. The molecular weight excluding hydrogens is 217 g/mol. The number of ether oxygens (including phenoxy) is 1. The van der Waals surface area contributed by atoms with E-state index in [-0.39, 0.29) is 5.82 Å². The zero-order chi connectivity index (χ0) is 12.4. The van der Waals surface area contributed by atoms with Crippen LogP contribution in [0.5, 0.6) is 5.88 Å². The molecule has 0 aliphatic carbocycles. The highest BCUT2D eigenvalue weighted by Gasteiger charge is 2.12. The monoisotopic (exact) mass is 233 g/mol. The van der Waals surface area contributed by atoms with E-state index in [2.05, 4.69) is 18.8 Å². The molecule has 0 N–H and O–H groups in total. The number of halogens is 1. The average molecular weight is 233 g/mol. The van der Waals surface area contributed by atoms with E-state index in [4.69, 9.17) is 4.74 Å². The molecule has 0 fully saturated rings. The summed E-state index contributed by atoms with van der Waals surface area (Å²) in [4.78, 5) is 4.21. The van der Waals surface area contributed by atoms with Gasteiger partial charge in [-0.25, -0.2) is 9.37 Å². The summed E-state index contributed by atoms with van der Waals surface area (Å²) < 4.78 is 19.1. The van der Waals surface area contributed by atoms with Crippen molar-refractivity contribution in [3.8, 4) is 5.88 Å². The number of hydrogen-bond acceptors (Lipinski definition) is 2. The van der Waals surface area contributed by atoms with E-state index in [9.17, 15) is 4.39 Å². The molecule has 0 amide bonds. The molecule has 0 aliphatic heterocycles. The topological polar surface area (TPSA) is 22.1 Å². The normalized spacial score (nSPS) is 11.1. The minimum absolute atomic E-state index is 0.300. The number of nitrogens with zero attached hydrogens (tertiary/aromatic N) is 1. The van der Waals surface area contributed by atoms with Gasteiger partial charge in [0.15, 0.2) is 0 Å². The lowest BCUT2D eigenvalue weighted by molar-refractivity contribution is 0.327. The maximum absolute atomic E-state index is 13.7. The van der Waals surface area contributed by atoms with Crippen LogP contribution in [0.3, 0.4) is 0 Å². The first-order chi connectivity index (χ1) is 8.13. The summed E-state index contributed by atoms with van der Waals surface area (Å²) >= 11 is 0. The molecule has 0 unspecified atom stereocenters. The van der Waals surface area contributed by atoms with Crippen molar-refractivity contribution in [1.82, 2.24) is 4.98 Å². The molecule has 0 bridgehead atoms. The van der Waals surface area contributed by atoms with Gasteiger partial charge in [-0.1, -0.05) is 26.0 Å². The minimum Gasteiger partial charge on any atom is -0.478 e. The van der Waals surface area contributed by atoms with Crippen LogP contribution in [0.4, 0.5) is 4.39 Å². The highest BCUT2D eigenvalue weighted by Crippen LogP contribution is 2.29. The largest absolute Gasteiger partial charge is 0.478 e. The number of benzene rings is 1. The Bertz CT molecular complexity index is 537. The molecule has 2 nitrogen and oxygen atoms in total. The van der Waals surface area contributed by atoms with Crippen LogP contribution in [-0.4, -0.2) is 11.6 Å². The van der Waals surface area contributed by atoms with Gasteiger partial charge in [0, 0.05) is 11.5 Å². The molecule has 17 heavy (non-hydrogen) atoms. The molecule has 1 aromatic heterocycles. The Kier molecular flexibility index (Phi) is 3.27. The van der Waals surface area contributed by atoms with Crippen LogP contribution in [0, 0.1) is 5.82 Å². The van der Waals surface area contributed by atoms with Crippen LogP contribution in [-0.2, 0) is 0 Å². The molecule has 0 saturated carbocycles. The zero-order valence-corrected chi connectivity index (χ0v) is 10.3. The van der Waals surface area contributed by atoms with Crippen LogP contribution < -0.4 is 4.74 Å². The SMILES string of the molecule is CCOc1cc(C(C)C)c2cccc(F)c2n1. The number of aromatic nitrogens is 1. The molecule has 90 valence electrons. The summed E-state index contributed by atoms with van der Waals surface area (Å²) in [5.41, 5.74) is 1.46. The molecule has 0 atom stereocenters. The third-order valence-electron chi connectivity index (χ3n) is 2.71. The number of hydrogen-bond donors (Lipinski definition) is 0. The molecule has 3 heteroatoms. The molecule has 1 heterocycles. The van der Waals surface area contributed by atoms with Gasteiger partial charge >= 0.3 is 0 Å².